The molecule has 2 rings (SSSR count). The molecule has 0 bridgehead atoms. The van der Waals surface area contributed by atoms with Crippen LogP contribution >= 0.6 is 0 Å². The highest BCUT2D eigenvalue weighted by Gasteiger charge is 2.17. The summed E-state index contributed by atoms with van der Waals surface area (Å²) in [4.78, 5) is 28.1. The Morgan fingerprint density at radius 1 is 1.11 bits per heavy atom. The summed E-state index contributed by atoms with van der Waals surface area (Å²) in [5.74, 6) is 0.184. The van der Waals surface area contributed by atoms with Crippen LogP contribution in [0, 0.1) is 6.92 Å². The molecule has 7 nitrogen and oxygen atoms in total. The smallest absolute Gasteiger partial charge is 0.222 e. The summed E-state index contributed by atoms with van der Waals surface area (Å²) in [5, 5.41) is 5.70. The average Bonchev–Trinajstić information content (AvgIpc) is 2.67. The Hall–Kier alpha value is -2.93. The first-order chi connectivity index (χ1) is 13.5. The first kappa shape index (κ1) is 21.4. The molecule has 2 N–H and O–H groups in total. The number of nitrogens with zero attached hydrogens (tertiary/aromatic N) is 1. The van der Waals surface area contributed by atoms with Crippen molar-refractivity contribution in [2.45, 2.75) is 32.9 Å². The summed E-state index contributed by atoms with van der Waals surface area (Å²) in [6, 6.07) is 11.0. The molecule has 0 fully saturated rings. The second-order valence-corrected chi connectivity index (χ2v) is 6.49. The summed E-state index contributed by atoms with van der Waals surface area (Å²) in [6.07, 6.45) is 1.82. The van der Waals surface area contributed by atoms with E-state index in [1.165, 1.54) is 6.92 Å². The number of ether oxygens (including phenoxy) is 2. The van der Waals surface area contributed by atoms with Crippen molar-refractivity contribution in [3.05, 3.63) is 59.3 Å². The van der Waals surface area contributed by atoms with Crippen LogP contribution in [0.3, 0.4) is 0 Å². The van der Waals surface area contributed by atoms with Gasteiger partial charge in [0.25, 0.3) is 0 Å². The summed E-state index contributed by atoms with van der Waals surface area (Å²) in [7, 11) is 1.61. The van der Waals surface area contributed by atoms with E-state index in [0.717, 1.165) is 16.7 Å². The van der Waals surface area contributed by atoms with Gasteiger partial charge in [-0.15, -0.1) is 0 Å². The summed E-state index contributed by atoms with van der Waals surface area (Å²) in [6.45, 7) is 4.72. The minimum absolute atomic E-state index is 0.153. The van der Waals surface area contributed by atoms with Crippen molar-refractivity contribution >= 4 is 11.8 Å². The molecule has 1 unspecified atom stereocenters. The maximum atomic E-state index is 12.4. The number of aryl methyl sites for hydroxylation is 1. The molecule has 150 valence electrons. The van der Waals surface area contributed by atoms with Crippen LogP contribution in [-0.4, -0.2) is 37.1 Å². The Morgan fingerprint density at radius 2 is 1.86 bits per heavy atom. The van der Waals surface area contributed by atoms with Crippen molar-refractivity contribution in [2.75, 3.05) is 20.3 Å². The van der Waals surface area contributed by atoms with Gasteiger partial charge in [-0.2, -0.15) is 0 Å². The second-order valence-electron chi connectivity index (χ2n) is 6.49. The zero-order valence-electron chi connectivity index (χ0n) is 16.5. The third-order valence-corrected chi connectivity index (χ3v) is 4.07. The van der Waals surface area contributed by atoms with Gasteiger partial charge in [0.1, 0.15) is 6.61 Å². The van der Waals surface area contributed by atoms with Gasteiger partial charge in [0.15, 0.2) is 0 Å². The molecule has 0 aliphatic carbocycles. The zero-order valence-corrected chi connectivity index (χ0v) is 16.5. The minimum Gasteiger partial charge on any atom is -0.475 e. The van der Waals surface area contributed by atoms with E-state index in [1.807, 2.05) is 37.3 Å². The second kappa shape index (κ2) is 11.0. The average molecular weight is 385 g/mol. The van der Waals surface area contributed by atoms with Crippen molar-refractivity contribution in [3.63, 3.8) is 0 Å². The molecule has 2 aromatic rings. The number of hydrogen-bond donors (Lipinski definition) is 2. The van der Waals surface area contributed by atoms with Crippen LogP contribution in [0.1, 0.15) is 36.1 Å². The van der Waals surface area contributed by atoms with Crippen LogP contribution in [0.15, 0.2) is 42.6 Å². The van der Waals surface area contributed by atoms with Gasteiger partial charge in [0.05, 0.1) is 19.1 Å². The molecule has 0 saturated carbocycles. The van der Waals surface area contributed by atoms with E-state index in [9.17, 15) is 9.59 Å². The highest BCUT2D eigenvalue weighted by Crippen LogP contribution is 2.18. The molecule has 0 aliphatic heterocycles. The van der Waals surface area contributed by atoms with Gasteiger partial charge in [-0.1, -0.05) is 35.9 Å². The lowest BCUT2D eigenvalue weighted by Gasteiger charge is -2.18. The topological polar surface area (TPSA) is 89.5 Å². The minimum atomic E-state index is -0.368. The SMILES string of the molecule is COCCOc1ccc(CNC(=O)CC(NC(C)=O)c2ccc(C)cc2)cn1. The number of pyridine rings is 1. The fraction of sp³-hybridized carbons (Fsp3) is 0.381. The molecule has 28 heavy (non-hydrogen) atoms. The van der Waals surface area contributed by atoms with E-state index in [-0.39, 0.29) is 24.3 Å². The Bertz CT molecular complexity index is 760. The van der Waals surface area contributed by atoms with Gasteiger partial charge >= 0.3 is 0 Å². The fourth-order valence-electron chi connectivity index (χ4n) is 2.58. The molecule has 1 heterocycles. The van der Waals surface area contributed by atoms with E-state index in [2.05, 4.69) is 15.6 Å². The normalized spacial score (nSPS) is 11.5. The van der Waals surface area contributed by atoms with Crippen molar-refractivity contribution in [2.24, 2.45) is 0 Å². The van der Waals surface area contributed by atoms with E-state index in [0.29, 0.717) is 25.6 Å². The number of hydrogen-bond acceptors (Lipinski definition) is 5. The van der Waals surface area contributed by atoms with Gasteiger partial charge in [0.2, 0.25) is 17.7 Å². The van der Waals surface area contributed by atoms with Crippen LogP contribution in [-0.2, 0) is 20.9 Å². The van der Waals surface area contributed by atoms with E-state index in [1.54, 1.807) is 19.4 Å². The van der Waals surface area contributed by atoms with E-state index < -0.39 is 0 Å². The highest BCUT2D eigenvalue weighted by molar-refractivity contribution is 5.79. The number of methoxy groups -OCH3 is 1. The molecule has 1 atom stereocenters. The highest BCUT2D eigenvalue weighted by atomic mass is 16.5. The molecule has 0 saturated heterocycles. The molecule has 1 aromatic heterocycles. The Balaban J connectivity index is 1.88. The zero-order chi connectivity index (χ0) is 20.4. The molecule has 7 heteroatoms. The first-order valence-electron chi connectivity index (χ1n) is 9.15. The molecule has 0 radical (unpaired) electrons. The van der Waals surface area contributed by atoms with Crippen molar-refractivity contribution < 1.29 is 19.1 Å². The maximum absolute atomic E-state index is 12.4. The largest absolute Gasteiger partial charge is 0.475 e. The number of nitrogens with one attached hydrogen (secondary N) is 2. The third-order valence-electron chi connectivity index (χ3n) is 4.07. The van der Waals surface area contributed by atoms with Crippen molar-refractivity contribution in [1.29, 1.82) is 0 Å². The molecule has 2 amide bonds. The van der Waals surface area contributed by atoms with Crippen LogP contribution in [0.4, 0.5) is 0 Å². The molecular formula is C21H27N3O4. The van der Waals surface area contributed by atoms with Crippen LogP contribution in [0.5, 0.6) is 5.88 Å². The predicted molar refractivity (Wildman–Crippen MR) is 106 cm³/mol. The Kier molecular flexibility index (Phi) is 8.42. The molecule has 0 aliphatic rings. The number of carbonyl (C=O) groups excluding carboxylic acids is 2. The van der Waals surface area contributed by atoms with Crippen LogP contribution < -0.4 is 15.4 Å². The summed E-state index contributed by atoms with van der Waals surface area (Å²) < 4.78 is 10.3. The number of aromatic nitrogens is 1. The lowest BCUT2D eigenvalue weighted by molar-refractivity contribution is -0.122. The standard InChI is InChI=1S/C21H27N3O4/c1-15-4-7-18(8-5-15)19(24-16(2)25)12-20(26)22-13-17-6-9-21(23-14-17)28-11-10-27-3/h4-9,14,19H,10-13H2,1-3H3,(H,22,26)(H,24,25). The molecule has 1 aromatic carbocycles. The van der Waals surface area contributed by atoms with Crippen molar-refractivity contribution in [1.82, 2.24) is 15.6 Å². The fourth-order valence-corrected chi connectivity index (χ4v) is 2.58. The third kappa shape index (κ3) is 7.36. The maximum Gasteiger partial charge on any atom is 0.222 e. The van der Waals surface area contributed by atoms with Crippen LogP contribution in [0.2, 0.25) is 0 Å². The monoisotopic (exact) mass is 385 g/mol. The van der Waals surface area contributed by atoms with Gasteiger partial charge in [-0.3, -0.25) is 9.59 Å². The van der Waals surface area contributed by atoms with Crippen molar-refractivity contribution in [3.8, 4) is 5.88 Å². The molecule has 0 spiro atoms. The summed E-state index contributed by atoms with van der Waals surface area (Å²) in [5.41, 5.74) is 2.88. The van der Waals surface area contributed by atoms with Gasteiger partial charge in [0, 0.05) is 32.8 Å². The van der Waals surface area contributed by atoms with Gasteiger partial charge in [-0.05, 0) is 18.1 Å². The quantitative estimate of drug-likeness (QED) is 0.613. The van der Waals surface area contributed by atoms with Crippen LogP contribution in [0.25, 0.3) is 0 Å². The lowest BCUT2D eigenvalue weighted by Crippen LogP contribution is -2.32. The summed E-state index contributed by atoms with van der Waals surface area (Å²) >= 11 is 0. The van der Waals surface area contributed by atoms with Gasteiger partial charge < -0.3 is 20.1 Å². The number of benzene rings is 1. The molecular weight excluding hydrogens is 358 g/mol. The Morgan fingerprint density at radius 3 is 2.46 bits per heavy atom. The number of rotatable bonds is 10. The Labute approximate surface area is 165 Å². The first-order valence-corrected chi connectivity index (χ1v) is 9.15. The predicted octanol–water partition coefficient (Wildman–Crippen LogP) is 2.30. The lowest BCUT2D eigenvalue weighted by atomic mass is 10.0. The number of carbonyl (C=O) groups is 2. The number of amides is 2. The van der Waals surface area contributed by atoms with E-state index >= 15 is 0 Å². The van der Waals surface area contributed by atoms with E-state index in [4.69, 9.17) is 9.47 Å². The van der Waals surface area contributed by atoms with Gasteiger partial charge in [-0.25, -0.2) is 4.98 Å².